The van der Waals surface area contributed by atoms with Crippen LogP contribution in [0.5, 0.6) is 0 Å². The van der Waals surface area contributed by atoms with E-state index in [0.29, 0.717) is 31.5 Å². The molecule has 0 fully saturated rings. The third-order valence-electron chi connectivity index (χ3n) is 2.04. The van der Waals surface area contributed by atoms with Crippen molar-refractivity contribution in [3.8, 4) is 0 Å². The first kappa shape index (κ1) is 14.3. The van der Waals surface area contributed by atoms with E-state index in [1.165, 1.54) is 8.61 Å². The maximum absolute atomic E-state index is 11.9. The van der Waals surface area contributed by atoms with E-state index in [4.69, 9.17) is 0 Å². The first-order valence-corrected chi connectivity index (χ1v) is 7.37. The Kier molecular flexibility index (Phi) is 6.93. The van der Waals surface area contributed by atoms with E-state index in [1.807, 2.05) is 20.8 Å². The summed E-state index contributed by atoms with van der Waals surface area (Å²) in [4.78, 5) is 0. The Hall–Kier alpha value is 0.350. The molecule has 0 aliphatic rings. The minimum absolute atomic E-state index is 0.518. The minimum Gasteiger partial charge on any atom is -0.195 e. The number of halogens is 1. The van der Waals surface area contributed by atoms with Crippen molar-refractivity contribution < 1.29 is 8.42 Å². The van der Waals surface area contributed by atoms with Gasteiger partial charge in [0.2, 0.25) is 0 Å². The van der Waals surface area contributed by atoms with Crippen LogP contribution in [-0.4, -0.2) is 48.5 Å². The molecule has 0 N–H and O–H groups in total. The highest BCUT2D eigenvalue weighted by Crippen LogP contribution is 2.07. The van der Waals surface area contributed by atoms with Gasteiger partial charge in [-0.15, -0.1) is 0 Å². The average molecular weight is 287 g/mol. The molecule has 0 heterocycles. The van der Waals surface area contributed by atoms with Gasteiger partial charge in [0.05, 0.1) is 0 Å². The second-order valence-corrected chi connectivity index (χ2v) is 5.49. The van der Waals surface area contributed by atoms with Gasteiger partial charge in [0.1, 0.15) is 0 Å². The lowest BCUT2D eigenvalue weighted by Crippen LogP contribution is -2.44. The maximum Gasteiger partial charge on any atom is 0.281 e. The minimum atomic E-state index is -3.24. The van der Waals surface area contributed by atoms with Crippen molar-refractivity contribution in [2.45, 2.75) is 20.8 Å². The van der Waals surface area contributed by atoms with Gasteiger partial charge in [-0.3, -0.25) is 0 Å². The van der Waals surface area contributed by atoms with Gasteiger partial charge >= 0.3 is 0 Å². The first-order chi connectivity index (χ1) is 6.54. The number of nitrogens with zero attached hydrogens (tertiary/aromatic N) is 2. The maximum atomic E-state index is 11.9. The molecule has 0 aliphatic heterocycles. The van der Waals surface area contributed by atoms with Gasteiger partial charge in [0, 0.05) is 31.5 Å². The van der Waals surface area contributed by atoms with E-state index < -0.39 is 10.2 Å². The first-order valence-electron chi connectivity index (χ1n) is 4.85. The summed E-state index contributed by atoms with van der Waals surface area (Å²) in [5.41, 5.74) is 0. The molecular weight excluding hydrogens is 268 g/mol. The van der Waals surface area contributed by atoms with Gasteiger partial charge in [-0.2, -0.15) is 17.0 Å². The Morgan fingerprint density at radius 2 is 1.43 bits per heavy atom. The molecule has 0 aromatic heterocycles. The highest BCUT2D eigenvalue weighted by atomic mass is 79.9. The summed E-state index contributed by atoms with van der Waals surface area (Å²) < 4.78 is 26.8. The van der Waals surface area contributed by atoms with E-state index in [-0.39, 0.29) is 0 Å². The summed E-state index contributed by atoms with van der Waals surface area (Å²) in [7, 11) is -3.24. The topological polar surface area (TPSA) is 40.6 Å². The Labute approximate surface area is 95.6 Å². The van der Waals surface area contributed by atoms with Crippen LogP contribution < -0.4 is 0 Å². The molecule has 0 aromatic rings. The normalized spacial score (nSPS) is 12.7. The van der Waals surface area contributed by atoms with Crippen LogP contribution in [0.2, 0.25) is 0 Å². The standard InChI is InChI=1S/C8H19BrN2O2S/c1-4-10(5-2)14(12,13)11(6-3)8-7-9/h4-8H2,1-3H3. The molecule has 0 aliphatic carbocycles. The van der Waals surface area contributed by atoms with Crippen molar-refractivity contribution >= 4 is 26.1 Å². The molecule has 0 unspecified atom stereocenters. The Bertz CT molecular complexity index is 240. The summed E-state index contributed by atoms with van der Waals surface area (Å²) in [6.07, 6.45) is 0. The van der Waals surface area contributed by atoms with Gasteiger partial charge < -0.3 is 0 Å². The Balaban J connectivity index is 4.71. The quantitative estimate of drug-likeness (QED) is 0.662. The molecule has 0 spiro atoms. The fraction of sp³-hybridized carbons (Fsp3) is 1.00. The second kappa shape index (κ2) is 6.76. The molecule has 0 rings (SSSR count). The zero-order valence-electron chi connectivity index (χ0n) is 9.03. The molecule has 6 heteroatoms. The number of hydrogen-bond acceptors (Lipinski definition) is 2. The summed E-state index contributed by atoms with van der Waals surface area (Å²) in [6, 6.07) is 0. The van der Waals surface area contributed by atoms with Crippen LogP contribution in [0.3, 0.4) is 0 Å². The lowest BCUT2D eigenvalue weighted by atomic mass is 10.7. The van der Waals surface area contributed by atoms with Crippen LogP contribution >= 0.6 is 15.9 Å². The van der Waals surface area contributed by atoms with E-state index in [2.05, 4.69) is 15.9 Å². The van der Waals surface area contributed by atoms with Crippen LogP contribution in [0.15, 0.2) is 0 Å². The monoisotopic (exact) mass is 286 g/mol. The van der Waals surface area contributed by atoms with Gasteiger partial charge in [-0.1, -0.05) is 36.7 Å². The van der Waals surface area contributed by atoms with Gasteiger partial charge in [-0.05, 0) is 0 Å². The molecule has 0 amide bonds. The van der Waals surface area contributed by atoms with E-state index in [0.717, 1.165) is 0 Å². The zero-order chi connectivity index (χ0) is 11.2. The second-order valence-electron chi connectivity index (χ2n) is 2.77. The molecule has 14 heavy (non-hydrogen) atoms. The van der Waals surface area contributed by atoms with Crippen LogP contribution in [0.25, 0.3) is 0 Å². The van der Waals surface area contributed by atoms with Crippen molar-refractivity contribution in [2.24, 2.45) is 0 Å². The van der Waals surface area contributed by atoms with Crippen LogP contribution in [0.1, 0.15) is 20.8 Å². The van der Waals surface area contributed by atoms with Crippen molar-refractivity contribution in [2.75, 3.05) is 31.5 Å². The SMILES string of the molecule is CCN(CC)S(=O)(=O)N(CC)CCBr. The van der Waals surface area contributed by atoms with Crippen molar-refractivity contribution in [1.82, 2.24) is 8.61 Å². The third kappa shape index (κ3) is 3.49. The number of hydrogen-bond donors (Lipinski definition) is 0. The summed E-state index contributed by atoms with van der Waals surface area (Å²) in [6.45, 7) is 7.64. The Morgan fingerprint density at radius 1 is 1.00 bits per heavy atom. The summed E-state index contributed by atoms with van der Waals surface area (Å²) in [5, 5.41) is 0.668. The van der Waals surface area contributed by atoms with Crippen molar-refractivity contribution in [3.63, 3.8) is 0 Å². The molecule has 0 saturated carbocycles. The largest absolute Gasteiger partial charge is 0.281 e. The lowest BCUT2D eigenvalue weighted by Gasteiger charge is -2.26. The van der Waals surface area contributed by atoms with Crippen molar-refractivity contribution in [1.29, 1.82) is 0 Å². The molecular formula is C8H19BrN2O2S. The highest BCUT2D eigenvalue weighted by molar-refractivity contribution is 9.09. The average Bonchev–Trinajstić information content (AvgIpc) is 2.15. The predicted molar refractivity (Wildman–Crippen MR) is 62.9 cm³/mol. The predicted octanol–water partition coefficient (Wildman–Crippen LogP) is 1.29. The Morgan fingerprint density at radius 3 is 1.71 bits per heavy atom. The summed E-state index contributed by atoms with van der Waals surface area (Å²) in [5.74, 6) is 0. The van der Waals surface area contributed by atoms with Gasteiger partial charge in [0.25, 0.3) is 10.2 Å². The molecule has 86 valence electrons. The van der Waals surface area contributed by atoms with Crippen LogP contribution in [0.4, 0.5) is 0 Å². The fourth-order valence-corrected chi connectivity index (χ4v) is 3.53. The smallest absolute Gasteiger partial charge is 0.195 e. The van der Waals surface area contributed by atoms with Gasteiger partial charge in [0.15, 0.2) is 0 Å². The third-order valence-corrected chi connectivity index (χ3v) is 4.66. The van der Waals surface area contributed by atoms with E-state index >= 15 is 0 Å². The van der Waals surface area contributed by atoms with Gasteiger partial charge in [-0.25, -0.2) is 0 Å². The molecule has 0 saturated heterocycles. The molecule has 0 radical (unpaired) electrons. The highest BCUT2D eigenvalue weighted by Gasteiger charge is 2.25. The molecule has 0 bridgehead atoms. The zero-order valence-corrected chi connectivity index (χ0v) is 11.4. The fourth-order valence-electron chi connectivity index (χ4n) is 1.24. The number of rotatable bonds is 7. The lowest BCUT2D eigenvalue weighted by molar-refractivity contribution is 0.366. The van der Waals surface area contributed by atoms with Crippen LogP contribution in [-0.2, 0) is 10.2 Å². The van der Waals surface area contributed by atoms with E-state index in [1.54, 1.807) is 0 Å². The molecule has 0 atom stereocenters. The van der Waals surface area contributed by atoms with Crippen LogP contribution in [0, 0.1) is 0 Å². The van der Waals surface area contributed by atoms with E-state index in [9.17, 15) is 8.42 Å². The summed E-state index contributed by atoms with van der Waals surface area (Å²) >= 11 is 3.25. The number of alkyl halides is 1. The molecule has 0 aromatic carbocycles. The van der Waals surface area contributed by atoms with Crippen molar-refractivity contribution in [3.05, 3.63) is 0 Å². The molecule has 4 nitrogen and oxygen atoms in total.